The number of thiophene rings is 1. The van der Waals surface area contributed by atoms with Crippen LogP contribution >= 0.6 is 11.3 Å². The average Bonchev–Trinajstić information content (AvgIpc) is 2.73. The molecule has 0 saturated carbocycles. The van der Waals surface area contributed by atoms with Crippen molar-refractivity contribution in [3.05, 3.63) is 29.1 Å². The zero-order valence-corrected chi connectivity index (χ0v) is 10.7. The molecule has 0 atom stereocenters. The second-order valence-corrected chi connectivity index (χ2v) is 5.69. The lowest BCUT2D eigenvalue weighted by atomic mass is 10.1. The lowest BCUT2D eigenvalue weighted by Crippen LogP contribution is -2.28. The Kier molecular flexibility index (Phi) is 3.04. The third kappa shape index (κ3) is 2.31. The number of phenolic OH excluding ortho intramolecular Hbond substituents is 1. The Morgan fingerprint density at radius 3 is 2.82 bits per heavy atom. The van der Waals surface area contributed by atoms with Crippen molar-refractivity contribution in [1.82, 2.24) is 4.90 Å². The van der Waals surface area contributed by atoms with Gasteiger partial charge in [-0.2, -0.15) is 0 Å². The number of benzene rings is 1. The van der Waals surface area contributed by atoms with Crippen LogP contribution in [0.5, 0.6) is 5.75 Å². The van der Waals surface area contributed by atoms with Crippen molar-refractivity contribution < 1.29 is 5.11 Å². The van der Waals surface area contributed by atoms with Gasteiger partial charge in [0.25, 0.3) is 0 Å². The number of hydrogen-bond acceptors (Lipinski definition) is 3. The Balaban J connectivity index is 1.86. The molecule has 17 heavy (non-hydrogen) atoms. The van der Waals surface area contributed by atoms with Crippen molar-refractivity contribution in [2.75, 3.05) is 13.1 Å². The Morgan fingerprint density at radius 1 is 1.18 bits per heavy atom. The number of likely N-dealkylation sites (tertiary alicyclic amines) is 1. The van der Waals surface area contributed by atoms with E-state index in [0.29, 0.717) is 5.75 Å². The maximum Gasteiger partial charge on any atom is 0.116 e. The molecule has 0 amide bonds. The van der Waals surface area contributed by atoms with E-state index in [1.54, 1.807) is 17.4 Å². The van der Waals surface area contributed by atoms with E-state index in [0.717, 1.165) is 6.54 Å². The van der Waals surface area contributed by atoms with Crippen LogP contribution in [0.3, 0.4) is 0 Å². The van der Waals surface area contributed by atoms with Gasteiger partial charge in [0.1, 0.15) is 5.75 Å². The molecule has 2 heterocycles. The van der Waals surface area contributed by atoms with Gasteiger partial charge in [-0.15, -0.1) is 11.3 Å². The van der Waals surface area contributed by atoms with E-state index in [9.17, 15) is 5.11 Å². The van der Waals surface area contributed by atoms with E-state index in [4.69, 9.17) is 0 Å². The molecule has 3 rings (SSSR count). The summed E-state index contributed by atoms with van der Waals surface area (Å²) >= 11 is 1.77. The minimum atomic E-state index is 0.371. The van der Waals surface area contributed by atoms with Crippen molar-refractivity contribution in [2.45, 2.75) is 25.8 Å². The van der Waals surface area contributed by atoms with Crippen LogP contribution in [0.2, 0.25) is 0 Å². The highest BCUT2D eigenvalue weighted by Crippen LogP contribution is 2.30. The molecule has 0 spiro atoms. The van der Waals surface area contributed by atoms with Gasteiger partial charge in [0.05, 0.1) is 0 Å². The highest BCUT2D eigenvalue weighted by Gasteiger charge is 2.13. The number of piperidine rings is 1. The summed E-state index contributed by atoms with van der Waals surface area (Å²) < 4.78 is 1.27. The molecular formula is C14H17NOS. The van der Waals surface area contributed by atoms with Gasteiger partial charge in [-0.3, -0.25) is 4.90 Å². The molecule has 0 radical (unpaired) electrons. The smallest absolute Gasteiger partial charge is 0.116 e. The molecule has 1 aromatic carbocycles. The van der Waals surface area contributed by atoms with E-state index < -0.39 is 0 Å². The molecule has 90 valence electrons. The van der Waals surface area contributed by atoms with E-state index in [2.05, 4.69) is 10.3 Å². The molecule has 2 nitrogen and oxygen atoms in total. The third-order valence-electron chi connectivity index (χ3n) is 3.48. The topological polar surface area (TPSA) is 23.5 Å². The summed E-state index contributed by atoms with van der Waals surface area (Å²) in [5.41, 5.74) is 1.36. The van der Waals surface area contributed by atoms with Crippen LogP contribution in [-0.2, 0) is 6.54 Å². The van der Waals surface area contributed by atoms with Gasteiger partial charge in [-0.05, 0) is 55.1 Å². The number of aromatic hydroxyl groups is 1. The highest BCUT2D eigenvalue weighted by molar-refractivity contribution is 7.17. The minimum absolute atomic E-state index is 0.371. The Labute approximate surface area is 105 Å². The predicted molar refractivity (Wildman–Crippen MR) is 72.6 cm³/mol. The zero-order chi connectivity index (χ0) is 11.7. The summed E-state index contributed by atoms with van der Waals surface area (Å²) in [4.78, 5) is 2.52. The van der Waals surface area contributed by atoms with Gasteiger partial charge in [0.15, 0.2) is 0 Å². The fourth-order valence-corrected chi connectivity index (χ4v) is 3.48. The number of hydrogen-bond donors (Lipinski definition) is 1. The van der Waals surface area contributed by atoms with Gasteiger partial charge in [-0.1, -0.05) is 6.42 Å². The molecule has 2 aromatic rings. The number of rotatable bonds is 2. The first-order valence-corrected chi connectivity index (χ1v) is 7.12. The maximum absolute atomic E-state index is 9.57. The maximum atomic E-state index is 9.57. The van der Waals surface area contributed by atoms with Crippen molar-refractivity contribution in [1.29, 1.82) is 0 Å². The van der Waals surface area contributed by atoms with Crippen LogP contribution in [0, 0.1) is 0 Å². The first-order valence-electron chi connectivity index (χ1n) is 6.24. The fraction of sp³-hybridized carbons (Fsp3) is 0.429. The average molecular weight is 247 g/mol. The van der Waals surface area contributed by atoms with E-state index in [-0.39, 0.29) is 0 Å². The van der Waals surface area contributed by atoms with E-state index in [1.165, 1.54) is 48.0 Å². The van der Waals surface area contributed by atoms with Crippen molar-refractivity contribution in [2.24, 2.45) is 0 Å². The zero-order valence-electron chi connectivity index (χ0n) is 9.85. The van der Waals surface area contributed by atoms with Gasteiger partial charge < -0.3 is 5.11 Å². The normalized spacial score (nSPS) is 17.6. The third-order valence-corrected chi connectivity index (χ3v) is 4.49. The summed E-state index contributed by atoms with van der Waals surface area (Å²) in [6.45, 7) is 3.47. The predicted octanol–water partition coefficient (Wildman–Crippen LogP) is 3.59. The van der Waals surface area contributed by atoms with Crippen molar-refractivity contribution in [3.63, 3.8) is 0 Å². The van der Waals surface area contributed by atoms with E-state index in [1.807, 2.05) is 12.1 Å². The van der Waals surface area contributed by atoms with Crippen LogP contribution in [0.15, 0.2) is 23.6 Å². The Bertz CT molecular complexity index is 514. The minimum Gasteiger partial charge on any atom is -0.508 e. The molecule has 1 aromatic heterocycles. The molecule has 1 N–H and O–H groups in total. The van der Waals surface area contributed by atoms with Crippen molar-refractivity contribution >= 4 is 21.4 Å². The molecule has 1 saturated heterocycles. The molecule has 3 heteroatoms. The Hall–Kier alpha value is -1.06. The molecule has 1 fully saturated rings. The van der Waals surface area contributed by atoms with Crippen LogP contribution in [0.1, 0.15) is 24.8 Å². The quantitative estimate of drug-likeness (QED) is 0.876. The van der Waals surface area contributed by atoms with Crippen molar-refractivity contribution in [3.8, 4) is 5.75 Å². The summed E-state index contributed by atoms with van der Waals surface area (Å²) in [6, 6.07) is 5.67. The van der Waals surface area contributed by atoms with Crippen LogP contribution in [-0.4, -0.2) is 23.1 Å². The molecular weight excluding hydrogens is 230 g/mol. The van der Waals surface area contributed by atoms with Crippen LogP contribution in [0.4, 0.5) is 0 Å². The summed E-state index contributed by atoms with van der Waals surface area (Å²) in [5.74, 6) is 0.371. The number of phenols is 1. The summed E-state index contributed by atoms with van der Waals surface area (Å²) in [6.07, 6.45) is 4.03. The van der Waals surface area contributed by atoms with E-state index >= 15 is 0 Å². The van der Waals surface area contributed by atoms with Gasteiger partial charge in [-0.25, -0.2) is 0 Å². The second kappa shape index (κ2) is 4.67. The fourth-order valence-electron chi connectivity index (χ4n) is 2.55. The molecule has 1 aliphatic heterocycles. The monoisotopic (exact) mass is 247 g/mol. The van der Waals surface area contributed by atoms with Gasteiger partial charge >= 0.3 is 0 Å². The largest absolute Gasteiger partial charge is 0.508 e. The Morgan fingerprint density at radius 2 is 2.00 bits per heavy atom. The van der Waals surface area contributed by atoms with Gasteiger partial charge in [0.2, 0.25) is 0 Å². The van der Waals surface area contributed by atoms with Crippen LogP contribution in [0.25, 0.3) is 10.1 Å². The molecule has 0 aliphatic carbocycles. The van der Waals surface area contributed by atoms with Crippen LogP contribution < -0.4 is 0 Å². The lowest BCUT2D eigenvalue weighted by Gasteiger charge is -2.26. The first kappa shape index (κ1) is 11.1. The number of nitrogens with zero attached hydrogens (tertiary/aromatic N) is 1. The first-order chi connectivity index (χ1) is 8.33. The number of fused-ring (bicyclic) bond motifs is 1. The molecule has 0 unspecified atom stereocenters. The molecule has 0 bridgehead atoms. The lowest BCUT2D eigenvalue weighted by molar-refractivity contribution is 0.222. The van der Waals surface area contributed by atoms with Gasteiger partial charge in [0, 0.05) is 16.6 Å². The summed E-state index contributed by atoms with van der Waals surface area (Å²) in [5, 5.41) is 13.0. The highest BCUT2D eigenvalue weighted by atomic mass is 32.1. The molecule has 1 aliphatic rings. The SMILES string of the molecule is Oc1ccc2scc(CN3CCCCC3)c2c1. The second-order valence-electron chi connectivity index (χ2n) is 4.78. The standard InChI is InChI=1S/C14H17NOS/c16-12-4-5-14-13(8-12)11(10-17-14)9-15-6-2-1-3-7-15/h4-5,8,10,16H,1-3,6-7,9H2. The summed E-state index contributed by atoms with van der Waals surface area (Å²) in [7, 11) is 0.